The van der Waals surface area contributed by atoms with Crippen LogP contribution in [0.2, 0.25) is 0 Å². The highest BCUT2D eigenvalue weighted by Crippen LogP contribution is 2.29. The van der Waals surface area contributed by atoms with Crippen molar-refractivity contribution in [1.29, 1.82) is 5.26 Å². The van der Waals surface area contributed by atoms with Gasteiger partial charge in [0.15, 0.2) is 6.10 Å². The van der Waals surface area contributed by atoms with Crippen LogP contribution in [0.5, 0.6) is 0 Å². The Bertz CT molecular complexity index is 766. The third-order valence-electron chi connectivity index (χ3n) is 4.06. The Balaban J connectivity index is 2.73. The number of rotatable bonds is 6. The quantitative estimate of drug-likeness (QED) is 0.601. The predicted molar refractivity (Wildman–Crippen MR) is 93.0 cm³/mol. The number of hydrogen-bond acceptors (Lipinski definition) is 4. The molecule has 2 atom stereocenters. The lowest BCUT2D eigenvalue weighted by molar-refractivity contribution is -0.150. The van der Waals surface area contributed by atoms with Crippen LogP contribution in [0.1, 0.15) is 38.8 Å². The normalized spacial score (nSPS) is 15.1. The highest BCUT2D eigenvalue weighted by molar-refractivity contribution is 5.90. The Morgan fingerprint density at radius 1 is 1.26 bits per heavy atom. The molecule has 5 nitrogen and oxygen atoms in total. The van der Waals surface area contributed by atoms with Gasteiger partial charge in [-0.1, -0.05) is 26.0 Å². The van der Waals surface area contributed by atoms with Crippen molar-refractivity contribution in [2.45, 2.75) is 45.5 Å². The maximum atomic E-state index is 12.7. The lowest BCUT2D eigenvalue weighted by Gasteiger charge is -2.28. The fourth-order valence-electron chi connectivity index (χ4n) is 1.91. The molecule has 0 aliphatic rings. The van der Waals surface area contributed by atoms with Crippen molar-refractivity contribution < 1.29 is 27.5 Å². The molecular formula is C19H21F3N2O3. The molecule has 2 unspecified atom stereocenters. The van der Waals surface area contributed by atoms with Crippen molar-refractivity contribution in [3.63, 3.8) is 0 Å². The van der Waals surface area contributed by atoms with Gasteiger partial charge in [-0.3, -0.25) is 4.79 Å². The molecule has 0 aliphatic heterocycles. The van der Waals surface area contributed by atoms with Crippen molar-refractivity contribution in [2.75, 3.05) is 0 Å². The number of hydrogen-bond donors (Lipinski definition) is 1. The van der Waals surface area contributed by atoms with Crippen LogP contribution in [0.15, 0.2) is 30.3 Å². The van der Waals surface area contributed by atoms with Gasteiger partial charge in [0.25, 0.3) is 5.91 Å². The second-order valence-electron chi connectivity index (χ2n) is 6.49. The van der Waals surface area contributed by atoms with E-state index in [2.05, 4.69) is 5.32 Å². The summed E-state index contributed by atoms with van der Waals surface area (Å²) in [6, 6.07) is 6.43. The number of amides is 1. The van der Waals surface area contributed by atoms with E-state index in [4.69, 9.17) is 4.74 Å². The molecule has 1 rings (SSSR count). The zero-order valence-electron chi connectivity index (χ0n) is 15.4. The van der Waals surface area contributed by atoms with Crippen molar-refractivity contribution in [1.82, 2.24) is 5.32 Å². The standard InChI is InChI=1S/C19H21F3N2O3/c1-12(2)18(4,11-23)24-17(26)13(3)27-16(25)9-8-14-6-5-7-15(10-14)19(20,21)22/h5-10,12-13H,1-4H3,(H,24,26)/b9-8+. The number of halogens is 3. The topological polar surface area (TPSA) is 79.2 Å². The molecule has 0 aliphatic carbocycles. The summed E-state index contributed by atoms with van der Waals surface area (Å²) < 4.78 is 42.9. The fourth-order valence-corrected chi connectivity index (χ4v) is 1.91. The summed E-state index contributed by atoms with van der Waals surface area (Å²) in [7, 11) is 0. The van der Waals surface area contributed by atoms with Gasteiger partial charge in [0, 0.05) is 6.08 Å². The van der Waals surface area contributed by atoms with Crippen LogP contribution in [0.4, 0.5) is 13.2 Å². The van der Waals surface area contributed by atoms with Crippen LogP contribution in [-0.4, -0.2) is 23.5 Å². The van der Waals surface area contributed by atoms with E-state index in [9.17, 15) is 28.0 Å². The van der Waals surface area contributed by atoms with Gasteiger partial charge in [-0.15, -0.1) is 0 Å². The molecular weight excluding hydrogens is 361 g/mol. The molecule has 0 spiro atoms. The van der Waals surface area contributed by atoms with E-state index in [-0.39, 0.29) is 11.5 Å². The summed E-state index contributed by atoms with van der Waals surface area (Å²) >= 11 is 0. The molecule has 1 amide bonds. The zero-order chi connectivity index (χ0) is 20.8. The Labute approximate surface area is 155 Å². The van der Waals surface area contributed by atoms with Crippen LogP contribution in [0, 0.1) is 17.2 Å². The number of esters is 1. The molecule has 0 heterocycles. The molecule has 8 heteroatoms. The first-order valence-electron chi connectivity index (χ1n) is 8.18. The third-order valence-corrected chi connectivity index (χ3v) is 4.06. The Hall–Kier alpha value is -2.82. The number of alkyl halides is 3. The predicted octanol–water partition coefficient (Wildman–Crippen LogP) is 3.70. The molecule has 1 aromatic rings. The monoisotopic (exact) mass is 382 g/mol. The third kappa shape index (κ3) is 6.44. The molecule has 27 heavy (non-hydrogen) atoms. The van der Waals surface area contributed by atoms with E-state index in [0.29, 0.717) is 0 Å². The summed E-state index contributed by atoms with van der Waals surface area (Å²) in [4.78, 5) is 23.9. The molecule has 1 aromatic carbocycles. The average molecular weight is 382 g/mol. The van der Waals surface area contributed by atoms with E-state index in [1.54, 1.807) is 20.8 Å². The minimum absolute atomic E-state index is 0.163. The summed E-state index contributed by atoms with van der Waals surface area (Å²) in [6.07, 6.45) is -3.56. The number of nitrogens with one attached hydrogen (secondary N) is 1. The van der Waals surface area contributed by atoms with E-state index < -0.39 is 35.3 Å². The molecule has 0 bridgehead atoms. The van der Waals surface area contributed by atoms with Crippen LogP contribution >= 0.6 is 0 Å². The maximum absolute atomic E-state index is 12.7. The van der Waals surface area contributed by atoms with E-state index in [1.807, 2.05) is 6.07 Å². The summed E-state index contributed by atoms with van der Waals surface area (Å²) in [5.41, 5.74) is -1.79. The lowest BCUT2D eigenvalue weighted by atomic mass is 9.90. The van der Waals surface area contributed by atoms with Crippen molar-refractivity contribution in [3.8, 4) is 6.07 Å². The first-order chi connectivity index (χ1) is 12.4. The highest BCUT2D eigenvalue weighted by Gasteiger charge is 2.32. The van der Waals surface area contributed by atoms with Gasteiger partial charge >= 0.3 is 12.1 Å². The summed E-state index contributed by atoms with van der Waals surface area (Å²) in [6.45, 7) is 6.41. The summed E-state index contributed by atoms with van der Waals surface area (Å²) in [5, 5.41) is 11.7. The molecule has 146 valence electrons. The van der Waals surface area contributed by atoms with Crippen LogP contribution in [-0.2, 0) is 20.5 Å². The van der Waals surface area contributed by atoms with E-state index in [0.717, 1.165) is 24.3 Å². The van der Waals surface area contributed by atoms with Gasteiger partial charge in [0.05, 0.1) is 11.6 Å². The molecule has 0 aromatic heterocycles. The van der Waals surface area contributed by atoms with Crippen LogP contribution in [0.3, 0.4) is 0 Å². The van der Waals surface area contributed by atoms with Gasteiger partial charge in [-0.25, -0.2) is 4.79 Å². The van der Waals surface area contributed by atoms with Crippen molar-refractivity contribution in [2.24, 2.45) is 5.92 Å². The second kappa shape index (κ2) is 8.71. The highest BCUT2D eigenvalue weighted by atomic mass is 19.4. The first kappa shape index (κ1) is 22.2. The number of benzene rings is 1. The van der Waals surface area contributed by atoms with E-state index in [1.165, 1.54) is 19.1 Å². The van der Waals surface area contributed by atoms with Crippen LogP contribution in [0.25, 0.3) is 6.08 Å². The SMILES string of the molecule is CC(OC(=O)/C=C/c1cccc(C(F)(F)F)c1)C(=O)NC(C)(C#N)C(C)C. The Morgan fingerprint density at radius 2 is 1.89 bits per heavy atom. The summed E-state index contributed by atoms with van der Waals surface area (Å²) in [5.74, 6) is -1.71. The molecule has 1 N–H and O–H groups in total. The zero-order valence-corrected chi connectivity index (χ0v) is 15.4. The van der Waals surface area contributed by atoms with Gasteiger partial charge < -0.3 is 10.1 Å². The maximum Gasteiger partial charge on any atom is 0.416 e. The minimum atomic E-state index is -4.49. The largest absolute Gasteiger partial charge is 0.449 e. The number of carbonyl (C=O) groups is 2. The van der Waals surface area contributed by atoms with Gasteiger partial charge in [-0.05, 0) is 43.5 Å². The number of nitriles is 1. The molecule has 0 radical (unpaired) electrons. The Morgan fingerprint density at radius 3 is 2.41 bits per heavy atom. The average Bonchev–Trinajstić information content (AvgIpc) is 2.59. The van der Waals surface area contributed by atoms with Crippen molar-refractivity contribution in [3.05, 3.63) is 41.5 Å². The fraction of sp³-hybridized carbons (Fsp3) is 0.421. The number of carbonyl (C=O) groups excluding carboxylic acids is 2. The minimum Gasteiger partial charge on any atom is -0.449 e. The Kier molecular flexibility index (Phi) is 7.17. The second-order valence-corrected chi connectivity index (χ2v) is 6.49. The van der Waals surface area contributed by atoms with Gasteiger partial charge in [-0.2, -0.15) is 18.4 Å². The molecule has 0 fully saturated rings. The number of ether oxygens (including phenoxy) is 1. The van der Waals surface area contributed by atoms with Crippen LogP contribution < -0.4 is 5.32 Å². The molecule has 0 saturated heterocycles. The lowest BCUT2D eigenvalue weighted by Crippen LogP contribution is -2.52. The van der Waals surface area contributed by atoms with Gasteiger partial charge in [0.2, 0.25) is 0 Å². The van der Waals surface area contributed by atoms with E-state index >= 15 is 0 Å². The van der Waals surface area contributed by atoms with Gasteiger partial charge in [0.1, 0.15) is 5.54 Å². The first-order valence-corrected chi connectivity index (χ1v) is 8.18. The molecule has 0 saturated carbocycles. The smallest absolute Gasteiger partial charge is 0.416 e. The number of nitrogens with zero attached hydrogens (tertiary/aromatic N) is 1. The van der Waals surface area contributed by atoms with Crippen molar-refractivity contribution >= 4 is 18.0 Å².